The summed E-state index contributed by atoms with van der Waals surface area (Å²) in [4.78, 5) is 12.4. The molecule has 0 aliphatic heterocycles. The zero-order chi connectivity index (χ0) is 20.0. The van der Waals surface area contributed by atoms with Gasteiger partial charge < -0.3 is 4.74 Å². The van der Waals surface area contributed by atoms with Crippen LogP contribution in [0.4, 0.5) is 5.69 Å². The molecule has 2 rings (SSSR count). The number of carbonyl (C=O) groups excluding carboxylic acids is 1. The molecule has 0 bridgehead atoms. The molecule has 0 unspecified atom stereocenters. The highest BCUT2D eigenvalue weighted by Crippen LogP contribution is 2.32. The Morgan fingerprint density at radius 3 is 2.33 bits per heavy atom. The van der Waals surface area contributed by atoms with Crippen LogP contribution >= 0.6 is 0 Å². The van der Waals surface area contributed by atoms with Gasteiger partial charge in [-0.15, -0.1) is 0 Å². The van der Waals surface area contributed by atoms with Crippen LogP contribution in [0.15, 0.2) is 58.5 Å². The number of anilines is 1. The first-order valence-electron chi connectivity index (χ1n) is 8.28. The Kier molecular flexibility index (Phi) is 6.57. The van der Waals surface area contributed by atoms with Crippen LogP contribution in [0.1, 0.15) is 19.4 Å². The predicted octanol–water partition coefficient (Wildman–Crippen LogP) is 2.71. The number of benzene rings is 2. The molecular formula is C19H23N3O4S. The van der Waals surface area contributed by atoms with E-state index in [1.54, 1.807) is 50.2 Å². The van der Waals surface area contributed by atoms with Crippen LogP contribution in [0.2, 0.25) is 0 Å². The lowest BCUT2D eigenvalue weighted by atomic mass is 10.2. The predicted molar refractivity (Wildman–Crippen MR) is 106 cm³/mol. The van der Waals surface area contributed by atoms with Crippen molar-refractivity contribution in [3.63, 3.8) is 0 Å². The Morgan fingerprint density at radius 2 is 1.74 bits per heavy atom. The molecule has 0 atom stereocenters. The summed E-state index contributed by atoms with van der Waals surface area (Å²) >= 11 is 0. The number of hydrazone groups is 1. The summed E-state index contributed by atoms with van der Waals surface area (Å²) in [6.45, 7) is 4.88. The van der Waals surface area contributed by atoms with E-state index < -0.39 is 22.5 Å². The highest BCUT2D eigenvalue weighted by atomic mass is 32.2. The van der Waals surface area contributed by atoms with Crippen molar-refractivity contribution in [1.29, 1.82) is 0 Å². The fourth-order valence-corrected chi connectivity index (χ4v) is 3.74. The van der Waals surface area contributed by atoms with Gasteiger partial charge >= 0.3 is 0 Å². The summed E-state index contributed by atoms with van der Waals surface area (Å²) in [5.74, 6) is -0.214. The van der Waals surface area contributed by atoms with Crippen LogP contribution in [0, 0.1) is 6.92 Å². The number of aryl methyl sites for hydroxylation is 1. The maximum atomic E-state index is 13.2. The third-order valence-corrected chi connectivity index (χ3v) is 5.43. The molecule has 0 aliphatic rings. The first-order chi connectivity index (χ1) is 12.8. The van der Waals surface area contributed by atoms with Crippen LogP contribution in [0.3, 0.4) is 0 Å². The van der Waals surface area contributed by atoms with Gasteiger partial charge in [-0.25, -0.2) is 13.8 Å². The van der Waals surface area contributed by atoms with Gasteiger partial charge in [-0.3, -0.25) is 9.10 Å². The molecule has 0 saturated carbocycles. The molecule has 2 aromatic carbocycles. The van der Waals surface area contributed by atoms with Gasteiger partial charge in [0.25, 0.3) is 15.9 Å². The standard InChI is InChI=1S/C19H23N3O4S/c1-14(2)20-21-19(23)13-22(17-7-5-6-8-18(17)26-4)27(24,25)16-11-9-15(3)10-12-16/h5-12H,13H2,1-4H3,(H,21,23). The van der Waals surface area contributed by atoms with Crippen LogP contribution in [0.25, 0.3) is 0 Å². The second-order valence-corrected chi connectivity index (χ2v) is 7.95. The molecule has 2 aromatic rings. The van der Waals surface area contributed by atoms with E-state index in [0.717, 1.165) is 9.87 Å². The molecule has 144 valence electrons. The average molecular weight is 389 g/mol. The topological polar surface area (TPSA) is 88.1 Å². The summed E-state index contributed by atoms with van der Waals surface area (Å²) in [5, 5.41) is 3.84. The van der Waals surface area contributed by atoms with E-state index in [2.05, 4.69) is 10.5 Å². The highest BCUT2D eigenvalue weighted by molar-refractivity contribution is 7.92. The van der Waals surface area contributed by atoms with Crippen LogP contribution in [-0.4, -0.2) is 33.7 Å². The molecule has 1 amide bonds. The molecule has 27 heavy (non-hydrogen) atoms. The van der Waals surface area contributed by atoms with Crippen molar-refractivity contribution in [2.45, 2.75) is 25.7 Å². The van der Waals surface area contributed by atoms with Gasteiger partial charge in [0, 0.05) is 5.71 Å². The Hall–Kier alpha value is -2.87. The van der Waals surface area contributed by atoms with Gasteiger partial charge in [0.2, 0.25) is 0 Å². The minimum absolute atomic E-state index is 0.0852. The molecule has 0 aromatic heterocycles. The van der Waals surface area contributed by atoms with Crippen molar-refractivity contribution >= 4 is 27.3 Å². The van der Waals surface area contributed by atoms with Crippen LogP contribution < -0.4 is 14.5 Å². The third-order valence-electron chi connectivity index (χ3n) is 3.65. The number of nitrogens with zero attached hydrogens (tertiary/aromatic N) is 2. The second-order valence-electron chi connectivity index (χ2n) is 6.09. The Morgan fingerprint density at radius 1 is 1.11 bits per heavy atom. The van der Waals surface area contributed by atoms with E-state index in [1.807, 2.05) is 6.92 Å². The van der Waals surface area contributed by atoms with E-state index in [1.165, 1.54) is 19.2 Å². The Bertz CT molecular complexity index is 934. The van der Waals surface area contributed by atoms with E-state index in [-0.39, 0.29) is 10.6 Å². The molecule has 0 heterocycles. The van der Waals surface area contributed by atoms with E-state index in [0.29, 0.717) is 11.5 Å². The quantitative estimate of drug-likeness (QED) is 0.583. The summed E-state index contributed by atoms with van der Waals surface area (Å²) < 4.78 is 32.8. The lowest BCUT2D eigenvalue weighted by Crippen LogP contribution is -2.39. The number of methoxy groups -OCH3 is 1. The van der Waals surface area contributed by atoms with Crippen LogP contribution in [-0.2, 0) is 14.8 Å². The van der Waals surface area contributed by atoms with E-state index >= 15 is 0 Å². The van der Waals surface area contributed by atoms with Crippen LogP contribution in [0.5, 0.6) is 5.75 Å². The number of amides is 1. The highest BCUT2D eigenvalue weighted by Gasteiger charge is 2.29. The monoisotopic (exact) mass is 389 g/mol. The zero-order valence-corrected chi connectivity index (χ0v) is 16.6. The van der Waals surface area contributed by atoms with Gasteiger partial charge in [0.1, 0.15) is 12.3 Å². The van der Waals surface area contributed by atoms with Gasteiger partial charge in [-0.05, 0) is 45.0 Å². The smallest absolute Gasteiger partial charge is 0.264 e. The van der Waals surface area contributed by atoms with Gasteiger partial charge in [-0.1, -0.05) is 29.8 Å². The van der Waals surface area contributed by atoms with Gasteiger partial charge in [0.15, 0.2) is 0 Å². The molecule has 1 N–H and O–H groups in total. The van der Waals surface area contributed by atoms with Gasteiger partial charge in [-0.2, -0.15) is 5.10 Å². The number of rotatable bonds is 7. The number of hydrogen-bond donors (Lipinski definition) is 1. The van der Waals surface area contributed by atoms with Crippen molar-refractivity contribution < 1.29 is 17.9 Å². The number of para-hydroxylation sites is 2. The maximum absolute atomic E-state index is 13.2. The average Bonchev–Trinajstić information content (AvgIpc) is 2.64. The SMILES string of the molecule is COc1ccccc1N(CC(=O)NN=C(C)C)S(=O)(=O)c1ccc(C)cc1. The fourth-order valence-electron chi connectivity index (χ4n) is 2.31. The molecule has 0 saturated heterocycles. The second kappa shape index (κ2) is 8.68. The first-order valence-corrected chi connectivity index (χ1v) is 9.72. The maximum Gasteiger partial charge on any atom is 0.264 e. The molecule has 0 spiro atoms. The largest absolute Gasteiger partial charge is 0.495 e. The van der Waals surface area contributed by atoms with E-state index in [9.17, 15) is 13.2 Å². The minimum Gasteiger partial charge on any atom is -0.495 e. The minimum atomic E-state index is -3.99. The Labute approximate surface area is 159 Å². The van der Waals surface area contributed by atoms with Crippen molar-refractivity contribution in [3.05, 3.63) is 54.1 Å². The van der Waals surface area contributed by atoms with Crippen molar-refractivity contribution in [2.75, 3.05) is 18.0 Å². The normalized spacial score (nSPS) is 10.8. The molecule has 7 nitrogen and oxygen atoms in total. The van der Waals surface area contributed by atoms with Gasteiger partial charge in [0.05, 0.1) is 17.7 Å². The third kappa shape index (κ3) is 5.07. The summed E-state index contributed by atoms with van der Waals surface area (Å²) in [6.07, 6.45) is 0. The van der Waals surface area contributed by atoms with E-state index in [4.69, 9.17) is 4.74 Å². The number of hydrogen-bond acceptors (Lipinski definition) is 5. The molecule has 8 heteroatoms. The number of ether oxygens (including phenoxy) is 1. The van der Waals surface area contributed by atoms with Crippen molar-refractivity contribution in [1.82, 2.24) is 5.43 Å². The number of carbonyl (C=O) groups is 1. The summed E-state index contributed by atoms with van der Waals surface area (Å²) in [6, 6.07) is 13.1. The molecule has 0 radical (unpaired) electrons. The molecular weight excluding hydrogens is 366 g/mol. The lowest BCUT2D eigenvalue weighted by Gasteiger charge is -2.25. The lowest BCUT2D eigenvalue weighted by molar-refractivity contribution is -0.119. The summed E-state index contributed by atoms with van der Waals surface area (Å²) in [5.41, 5.74) is 4.21. The number of sulfonamides is 1. The molecule has 0 aliphatic carbocycles. The molecule has 0 fully saturated rings. The fraction of sp³-hybridized carbons (Fsp3) is 0.263. The first kappa shape index (κ1) is 20.4. The number of nitrogens with one attached hydrogen (secondary N) is 1. The summed E-state index contributed by atoms with van der Waals surface area (Å²) in [7, 11) is -2.55. The van der Waals surface area contributed by atoms with Crippen molar-refractivity contribution in [3.8, 4) is 5.75 Å². The Balaban J connectivity index is 2.50. The zero-order valence-electron chi connectivity index (χ0n) is 15.8. The van der Waals surface area contributed by atoms with Crippen molar-refractivity contribution in [2.24, 2.45) is 5.10 Å².